The van der Waals surface area contributed by atoms with Gasteiger partial charge in [-0.2, -0.15) is 0 Å². The lowest BCUT2D eigenvalue weighted by Crippen LogP contribution is -2.48. The predicted molar refractivity (Wildman–Crippen MR) is 69.0 cm³/mol. The Kier molecular flexibility index (Phi) is 6.12. The fourth-order valence-electron chi connectivity index (χ4n) is 2.19. The van der Waals surface area contributed by atoms with E-state index >= 15 is 0 Å². The molecule has 5 nitrogen and oxygen atoms in total. The summed E-state index contributed by atoms with van der Waals surface area (Å²) in [6.07, 6.45) is 2.50. The Balaban J connectivity index is 2.52. The van der Waals surface area contributed by atoms with Gasteiger partial charge in [-0.25, -0.2) is 4.79 Å². The normalized spacial score (nSPS) is 21.4. The molecule has 1 fully saturated rings. The van der Waals surface area contributed by atoms with E-state index in [0.29, 0.717) is 18.9 Å². The van der Waals surface area contributed by atoms with E-state index in [1.54, 1.807) is 0 Å². The van der Waals surface area contributed by atoms with Crippen molar-refractivity contribution in [3.63, 3.8) is 0 Å². The first-order valence-corrected chi connectivity index (χ1v) is 6.63. The number of esters is 1. The van der Waals surface area contributed by atoms with Crippen molar-refractivity contribution in [3.05, 3.63) is 0 Å². The molecule has 1 unspecified atom stereocenters. The second kappa shape index (κ2) is 7.36. The smallest absolute Gasteiger partial charge is 0.328 e. The molecule has 18 heavy (non-hydrogen) atoms. The number of ether oxygens (including phenoxy) is 1. The Morgan fingerprint density at radius 1 is 1.44 bits per heavy atom. The van der Waals surface area contributed by atoms with Crippen molar-refractivity contribution in [1.29, 1.82) is 0 Å². The first-order valence-electron chi connectivity index (χ1n) is 6.63. The lowest BCUT2D eigenvalue weighted by Gasteiger charge is -2.25. The molecule has 5 heteroatoms. The summed E-state index contributed by atoms with van der Waals surface area (Å²) in [5, 5.41) is 6.01. The topological polar surface area (TPSA) is 67.4 Å². The Morgan fingerprint density at radius 3 is 2.67 bits per heavy atom. The minimum Gasteiger partial charge on any atom is -0.467 e. The second-order valence-corrected chi connectivity index (χ2v) is 5.26. The number of carbonyl (C=O) groups is 2. The lowest BCUT2D eigenvalue weighted by atomic mass is 9.97. The van der Waals surface area contributed by atoms with Crippen LogP contribution in [0.1, 0.15) is 33.1 Å². The third kappa shape index (κ3) is 4.64. The number of carbonyl (C=O) groups excluding carboxylic acids is 2. The van der Waals surface area contributed by atoms with Crippen LogP contribution in [0.5, 0.6) is 0 Å². The van der Waals surface area contributed by atoms with Crippen molar-refractivity contribution in [2.24, 2.45) is 11.8 Å². The number of rotatable bonds is 5. The van der Waals surface area contributed by atoms with Crippen LogP contribution in [-0.4, -0.2) is 38.1 Å². The highest BCUT2D eigenvalue weighted by Gasteiger charge is 2.27. The average molecular weight is 256 g/mol. The van der Waals surface area contributed by atoms with Gasteiger partial charge in [-0.3, -0.25) is 4.79 Å². The van der Waals surface area contributed by atoms with Crippen LogP contribution in [0.15, 0.2) is 0 Å². The third-order valence-corrected chi connectivity index (χ3v) is 3.18. The van der Waals surface area contributed by atoms with Crippen molar-refractivity contribution in [3.8, 4) is 0 Å². The summed E-state index contributed by atoms with van der Waals surface area (Å²) in [6.45, 7) is 5.70. The summed E-state index contributed by atoms with van der Waals surface area (Å²) in [7, 11) is 1.35. The van der Waals surface area contributed by atoms with E-state index < -0.39 is 6.04 Å². The summed E-state index contributed by atoms with van der Waals surface area (Å²) in [4.78, 5) is 23.7. The molecule has 2 atom stereocenters. The van der Waals surface area contributed by atoms with Gasteiger partial charge >= 0.3 is 5.97 Å². The molecule has 1 aliphatic rings. The van der Waals surface area contributed by atoms with E-state index in [4.69, 9.17) is 4.74 Å². The quantitative estimate of drug-likeness (QED) is 0.710. The molecule has 104 valence electrons. The summed E-state index contributed by atoms with van der Waals surface area (Å²) >= 11 is 0. The van der Waals surface area contributed by atoms with Crippen LogP contribution >= 0.6 is 0 Å². The molecular weight excluding hydrogens is 232 g/mol. The Labute approximate surface area is 109 Å². The Hall–Kier alpha value is -1.10. The largest absolute Gasteiger partial charge is 0.467 e. The molecule has 0 spiro atoms. The SMILES string of the molecule is COC(=O)[C@H](CC(C)C)NC(=O)C1CCCNC1. The molecule has 2 N–H and O–H groups in total. The molecule has 1 rings (SSSR count). The number of hydrogen-bond donors (Lipinski definition) is 2. The van der Waals surface area contributed by atoms with Gasteiger partial charge in [-0.1, -0.05) is 13.8 Å². The van der Waals surface area contributed by atoms with E-state index in [1.165, 1.54) is 7.11 Å². The molecule has 1 amide bonds. The van der Waals surface area contributed by atoms with Gasteiger partial charge in [0.05, 0.1) is 13.0 Å². The predicted octanol–water partition coefficient (Wildman–Crippen LogP) is 0.690. The first-order chi connectivity index (χ1) is 8.54. The maximum Gasteiger partial charge on any atom is 0.328 e. The van der Waals surface area contributed by atoms with Gasteiger partial charge in [0.15, 0.2) is 0 Å². The van der Waals surface area contributed by atoms with Crippen LogP contribution in [-0.2, 0) is 14.3 Å². The number of piperidine rings is 1. The van der Waals surface area contributed by atoms with E-state index in [0.717, 1.165) is 19.4 Å². The highest BCUT2D eigenvalue weighted by Crippen LogP contribution is 2.12. The van der Waals surface area contributed by atoms with Crippen molar-refractivity contribution >= 4 is 11.9 Å². The minimum atomic E-state index is -0.524. The minimum absolute atomic E-state index is 0.0296. The fraction of sp³-hybridized carbons (Fsp3) is 0.846. The van der Waals surface area contributed by atoms with Gasteiger partial charge in [0.2, 0.25) is 5.91 Å². The van der Waals surface area contributed by atoms with E-state index in [9.17, 15) is 9.59 Å². The molecular formula is C13H24N2O3. The van der Waals surface area contributed by atoms with Crippen LogP contribution in [0.25, 0.3) is 0 Å². The van der Waals surface area contributed by atoms with Crippen LogP contribution < -0.4 is 10.6 Å². The standard InChI is InChI=1S/C13H24N2O3/c1-9(2)7-11(13(17)18-3)15-12(16)10-5-4-6-14-8-10/h9-11,14H,4-8H2,1-3H3,(H,15,16)/t10?,11-/m0/s1. The zero-order valence-corrected chi connectivity index (χ0v) is 11.5. The van der Waals surface area contributed by atoms with Crippen molar-refractivity contribution in [2.75, 3.05) is 20.2 Å². The van der Waals surface area contributed by atoms with Crippen LogP contribution in [0.2, 0.25) is 0 Å². The number of nitrogens with one attached hydrogen (secondary N) is 2. The zero-order chi connectivity index (χ0) is 13.5. The molecule has 1 heterocycles. The van der Waals surface area contributed by atoms with Crippen LogP contribution in [0, 0.1) is 11.8 Å². The Morgan fingerprint density at radius 2 is 2.17 bits per heavy atom. The summed E-state index contributed by atoms with van der Waals surface area (Å²) in [5.41, 5.74) is 0. The first kappa shape index (κ1) is 15.0. The fourth-order valence-corrected chi connectivity index (χ4v) is 2.19. The molecule has 1 aliphatic heterocycles. The van der Waals surface area contributed by atoms with Gasteiger partial charge < -0.3 is 15.4 Å². The highest BCUT2D eigenvalue weighted by atomic mass is 16.5. The molecule has 0 radical (unpaired) electrons. The maximum atomic E-state index is 12.1. The third-order valence-electron chi connectivity index (χ3n) is 3.18. The van der Waals surface area contributed by atoms with E-state index in [1.807, 2.05) is 13.8 Å². The molecule has 0 aromatic carbocycles. The molecule has 0 aromatic rings. The van der Waals surface area contributed by atoms with Crippen LogP contribution in [0.4, 0.5) is 0 Å². The summed E-state index contributed by atoms with van der Waals surface area (Å²) in [6, 6.07) is -0.524. The second-order valence-electron chi connectivity index (χ2n) is 5.26. The van der Waals surface area contributed by atoms with Gasteiger partial charge in [0.1, 0.15) is 6.04 Å². The molecule has 1 saturated heterocycles. The number of methoxy groups -OCH3 is 1. The molecule has 0 aromatic heterocycles. The van der Waals surface area contributed by atoms with E-state index in [2.05, 4.69) is 10.6 Å². The van der Waals surface area contributed by atoms with Crippen molar-refractivity contribution < 1.29 is 14.3 Å². The van der Waals surface area contributed by atoms with Gasteiger partial charge in [-0.15, -0.1) is 0 Å². The van der Waals surface area contributed by atoms with Gasteiger partial charge in [-0.05, 0) is 31.7 Å². The molecule has 0 saturated carbocycles. The molecule has 0 bridgehead atoms. The van der Waals surface area contributed by atoms with Crippen LogP contribution in [0.3, 0.4) is 0 Å². The number of hydrogen-bond acceptors (Lipinski definition) is 4. The van der Waals surface area contributed by atoms with Gasteiger partial charge in [0.25, 0.3) is 0 Å². The lowest BCUT2D eigenvalue weighted by molar-refractivity contribution is -0.146. The van der Waals surface area contributed by atoms with Gasteiger partial charge in [0, 0.05) is 6.54 Å². The molecule has 0 aliphatic carbocycles. The summed E-state index contributed by atoms with van der Waals surface area (Å²) < 4.78 is 4.73. The monoisotopic (exact) mass is 256 g/mol. The Bertz CT molecular complexity index is 286. The highest BCUT2D eigenvalue weighted by molar-refractivity contribution is 5.85. The number of amides is 1. The maximum absolute atomic E-state index is 12.1. The summed E-state index contributed by atoms with van der Waals surface area (Å²) in [5.74, 6) is -0.101. The zero-order valence-electron chi connectivity index (χ0n) is 11.5. The van der Waals surface area contributed by atoms with Crippen molar-refractivity contribution in [1.82, 2.24) is 10.6 Å². The van der Waals surface area contributed by atoms with Crippen molar-refractivity contribution in [2.45, 2.75) is 39.2 Å². The van der Waals surface area contributed by atoms with E-state index in [-0.39, 0.29) is 17.8 Å². The average Bonchev–Trinajstić information content (AvgIpc) is 2.37.